The zero-order valence-electron chi connectivity index (χ0n) is 22.4. The SMILES string of the molecule is COc1ccc(NS(=O)(=O)c2ccc(C(=O)Nc3ccc(C(F)(F)F)cc3)cc2)cc1N1CCN(CC2CC2)CC1. The molecule has 2 fully saturated rings. The molecular formula is C29H31F3N4O4S. The minimum Gasteiger partial charge on any atom is -0.495 e. The average Bonchev–Trinajstić information content (AvgIpc) is 3.77. The second kappa shape index (κ2) is 11.6. The fourth-order valence-corrected chi connectivity index (χ4v) is 5.83. The van der Waals surface area contributed by atoms with Crippen LogP contribution in [0.25, 0.3) is 0 Å². The number of hydrogen-bond acceptors (Lipinski definition) is 6. The summed E-state index contributed by atoms with van der Waals surface area (Å²) in [5, 5.41) is 2.51. The topological polar surface area (TPSA) is 91.0 Å². The molecule has 1 saturated heterocycles. The molecule has 3 aromatic rings. The molecule has 5 rings (SSSR count). The summed E-state index contributed by atoms with van der Waals surface area (Å²) in [5.41, 5.74) is 0.699. The number of alkyl halides is 3. The van der Waals surface area contributed by atoms with E-state index in [1.165, 1.54) is 37.1 Å². The molecule has 0 spiro atoms. The van der Waals surface area contributed by atoms with Crippen molar-refractivity contribution in [3.8, 4) is 5.75 Å². The molecule has 218 valence electrons. The normalized spacial score (nSPS) is 16.3. The van der Waals surface area contributed by atoms with Crippen molar-refractivity contribution in [3.63, 3.8) is 0 Å². The molecule has 12 heteroatoms. The van der Waals surface area contributed by atoms with Crippen LogP contribution in [0.2, 0.25) is 0 Å². The van der Waals surface area contributed by atoms with E-state index < -0.39 is 27.7 Å². The lowest BCUT2D eigenvalue weighted by Gasteiger charge is -2.36. The lowest BCUT2D eigenvalue weighted by atomic mass is 10.2. The summed E-state index contributed by atoms with van der Waals surface area (Å²) in [6.07, 6.45) is -1.85. The van der Waals surface area contributed by atoms with Gasteiger partial charge in [-0.15, -0.1) is 0 Å². The van der Waals surface area contributed by atoms with Gasteiger partial charge in [0.25, 0.3) is 15.9 Å². The third-order valence-electron chi connectivity index (χ3n) is 7.25. The van der Waals surface area contributed by atoms with Crippen molar-refractivity contribution < 1.29 is 31.1 Å². The number of nitrogens with zero attached hydrogens (tertiary/aromatic N) is 2. The number of nitrogens with one attached hydrogen (secondary N) is 2. The Balaban J connectivity index is 1.23. The Morgan fingerprint density at radius 3 is 2.15 bits per heavy atom. The van der Waals surface area contributed by atoms with Crippen LogP contribution in [0.15, 0.2) is 71.6 Å². The molecule has 0 aromatic heterocycles. The minimum atomic E-state index is -4.48. The number of ether oxygens (including phenoxy) is 1. The first-order chi connectivity index (χ1) is 19.5. The molecule has 1 saturated carbocycles. The van der Waals surface area contributed by atoms with Crippen LogP contribution in [0.3, 0.4) is 0 Å². The van der Waals surface area contributed by atoms with E-state index >= 15 is 0 Å². The van der Waals surface area contributed by atoms with Crippen molar-refractivity contribution in [2.24, 2.45) is 5.92 Å². The Morgan fingerprint density at radius 2 is 1.56 bits per heavy atom. The van der Waals surface area contributed by atoms with Crippen molar-refractivity contribution in [2.45, 2.75) is 23.9 Å². The highest BCUT2D eigenvalue weighted by Crippen LogP contribution is 2.34. The van der Waals surface area contributed by atoms with Crippen molar-refractivity contribution in [2.75, 3.05) is 54.8 Å². The Morgan fingerprint density at radius 1 is 0.927 bits per heavy atom. The third-order valence-corrected chi connectivity index (χ3v) is 8.65. The Bertz CT molecular complexity index is 1480. The van der Waals surface area contributed by atoms with Gasteiger partial charge in [-0.3, -0.25) is 14.4 Å². The first-order valence-corrected chi connectivity index (χ1v) is 14.8. The van der Waals surface area contributed by atoms with Gasteiger partial charge < -0.3 is 15.0 Å². The smallest absolute Gasteiger partial charge is 0.416 e. The number of anilines is 3. The highest BCUT2D eigenvalue weighted by molar-refractivity contribution is 7.92. The Kier molecular flexibility index (Phi) is 8.14. The number of amides is 1. The molecule has 0 bridgehead atoms. The van der Waals surface area contributed by atoms with Gasteiger partial charge in [0.15, 0.2) is 0 Å². The Hall–Kier alpha value is -3.77. The molecule has 2 aliphatic rings. The predicted molar refractivity (Wildman–Crippen MR) is 151 cm³/mol. The highest BCUT2D eigenvalue weighted by Gasteiger charge is 2.30. The van der Waals surface area contributed by atoms with Crippen LogP contribution in [0.4, 0.5) is 30.2 Å². The van der Waals surface area contributed by atoms with Crippen LogP contribution >= 0.6 is 0 Å². The van der Waals surface area contributed by atoms with Crippen LogP contribution in [-0.2, 0) is 16.2 Å². The summed E-state index contributed by atoms with van der Waals surface area (Å²) in [7, 11) is -2.39. The van der Waals surface area contributed by atoms with E-state index in [-0.39, 0.29) is 16.1 Å². The molecule has 0 atom stereocenters. The maximum atomic E-state index is 13.1. The van der Waals surface area contributed by atoms with E-state index in [2.05, 4.69) is 19.8 Å². The highest BCUT2D eigenvalue weighted by atomic mass is 32.2. The van der Waals surface area contributed by atoms with E-state index in [0.717, 1.165) is 68.6 Å². The minimum absolute atomic E-state index is 0.0466. The molecular weight excluding hydrogens is 557 g/mol. The molecule has 8 nitrogen and oxygen atoms in total. The van der Waals surface area contributed by atoms with Crippen molar-refractivity contribution in [1.29, 1.82) is 0 Å². The number of rotatable bonds is 9. The van der Waals surface area contributed by atoms with Gasteiger partial charge in [0, 0.05) is 44.0 Å². The molecule has 1 heterocycles. The molecule has 2 N–H and O–H groups in total. The zero-order valence-corrected chi connectivity index (χ0v) is 23.3. The largest absolute Gasteiger partial charge is 0.495 e. The van der Waals surface area contributed by atoms with Crippen molar-refractivity contribution in [1.82, 2.24) is 4.90 Å². The van der Waals surface area contributed by atoms with Crippen LogP contribution in [0, 0.1) is 5.92 Å². The second-order valence-electron chi connectivity index (χ2n) is 10.3. The van der Waals surface area contributed by atoms with Gasteiger partial charge in [-0.1, -0.05) is 0 Å². The maximum Gasteiger partial charge on any atom is 0.416 e. The number of sulfonamides is 1. The van der Waals surface area contributed by atoms with E-state index in [0.29, 0.717) is 11.4 Å². The van der Waals surface area contributed by atoms with Gasteiger partial charge in [0.05, 0.1) is 28.9 Å². The summed E-state index contributed by atoms with van der Waals surface area (Å²) in [5.74, 6) is 0.905. The number of carbonyl (C=O) groups is 1. The number of halogens is 3. The molecule has 0 radical (unpaired) electrons. The third kappa shape index (κ3) is 7.12. The summed E-state index contributed by atoms with van der Waals surface area (Å²) >= 11 is 0. The standard InChI is InChI=1S/C29H31F3N4O4S/c1-40-27-13-10-24(18-26(27)36-16-14-35(15-17-36)19-20-2-3-20)34-41(38,39)25-11-4-21(5-12-25)28(37)33-23-8-6-22(7-9-23)29(30,31)32/h4-13,18,20,34H,2-3,14-17,19H2,1H3,(H,33,37). The second-order valence-corrected chi connectivity index (χ2v) is 12.0. The van der Waals surface area contributed by atoms with E-state index in [4.69, 9.17) is 4.74 Å². The number of carbonyl (C=O) groups excluding carboxylic acids is 1. The quantitative estimate of drug-likeness (QED) is 0.353. The summed E-state index contributed by atoms with van der Waals surface area (Å²) in [4.78, 5) is 17.2. The fraction of sp³-hybridized carbons (Fsp3) is 0.345. The molecule has 3 aromatic carbocycles. The lowest BCUT2D eigenvalue weighted by Crippen LogP contribution is -2.47. The van der Waals surface area contributed by atoms with Crippen molar-refractivity contribution >= 4 is 33.0 Å². The van der Waals surface area contributed by atoms with Gasteiger partial charge in [0.2, 0.25) is 0 Å². The number of methoxy groups -OCH3 is 1. The molecule has 1 amide bonds. The zero-order chi connectivity index (χ0) is 29.2. The Labute approximate surface area is 237 Å². The van der Waals surface area contributed by atoms with E-state index in [1.54, 1.807) is 25.3 Å². The van der Waals surface area contributed by atoms with Crippen LogP contribution in [0.1, 0.15) is 28.8 Å². The molecule has 1 aliphatic carbocycles. The number of benzene rings is 3. The van der Waals surface area contributed by atoms with Gasteiger partial charge in [-0.2, -0.15) is 13.2 Å². The van der Waals surface area contributed by atoms with E-state index in [1.807, 2.05) is 0 Å². The van der Waals surface area contributed by atoms with E-state index in [9.17, 15) is 26.4 Å². The first-order valence-electron chi connectivity index (χ1n) is 13.3. The monoisotopic (exact) mass is 588 g/mol. The van der Waals surface area contributed by atoms with Gasteiger partial charge in [0.1, 0.15) is 5.75 Å². The van der Waals surface area contributed by atoms with Gasteiger partial charge in [-0.25, -0.2) is 8.42 Å². The van der Waals surface area contributed by atoms with Crippen LogP contribution < -0.4 is 19.7 Å². The number of piperazine rings is 1. The lowest BCUT2D eigenvalue weighted by molar-refractivity contribution is -0.137. The van der Waals surface area contributed by atoms with Gasteiger partial charge >= 0.3 is 6.18 Å². The number of hydrogen-bond donors (Lipinski definition) is 2. The average molecular weight is 589 g/mol. The summed E-state index contributed by atoms with van der Waals surface area (Å²) in [6.45, 7) is 4.65. The summed E-state index contributed by atoms with van der Waals surface area (Å²) < 4.78 is 72.7. The predicted octanol–water partition coefficient (Wildman–Crippen LogP) is 5.30. The van der Waals surface area contributed by atoms with Crippen LogP contribution in [0.5, 0.6) is 5.75 Å². The first kappa shape index (κ1) is 28.7. The molecule has 1 aliphatic heterocycles. The molecule has 0 unspecified atom stereocenters. The van der Waals surface area contributed by atoms with Crippen LogP contribution in [-0.4, -0.2) is 59.1 Å². The van der Waals surface area contributed by atoms with Crippen molar-refractivity contribution in [3.05, 3.63) is 77.9 Å². The van der Waals surface area contributed by atoms with Gasteiger partial charge in [-0.05, 0) is 85.5 Å². The fourth-order valence-electron chi connectivity index (χ4n) is 4.78. The maximum absolute atomic E-state index is 13.1. The summed E-state index contributed by atoms with van der Waals surface area (Å²) in [6, 6.07) is 14.5. The molecule has 41 heavy (non-hydrogen) atoms.